The Labute approximate surface area is 96.9 Å². The Bertz CT molecular complexity index is 656. The molecule has 0 aromatic carbocycles. The Hall–Kier alpha value is -2.37. The van der Waals surface area contributed by atoms with Crippen molar-refractivity contribution in [3.05, 3.63) is 35.8 Å². The van der Waals surface area contributed by atoms with Gasteiger partial charge in [-0.15, -0.1) is 0 Å². The fourth-order valence-electron chi connectivity index (χ4n) is 1.73. The number of aryl methyl sites for hydroxylation is 1. The van der Waals surface area contributed by atoms with Crippen LogP contribution in [0.5, 0.6) is 0 Å². The predicted molar refractivity (Wildman–Crippen MR) is 62.3 cm³/mol. The number of nitrogens with one attached hydrogen (secondary N) is 1. The lowest BCUT2D eigenvalue weighted by molar-refractivity contribution is 0.517. The molecule has 0 unspecified atom stereocenters. The van der Waals surface area contributed by atoms with Crippen LogP contribution in [0.3, 0.4) is 0 Å². The summed E-state index contributed by atoms with van der Waals surface area (Å²) in [5, 5.41) is 0. The monoisotopic (exact) mass is 229 g/mol. The van der Waals surface area contributed by atoms with Crippen LogP contribution in [-0.4, -0.2) is 19.9 Å². The highest BCUT2D eigenvalue weighted by molar-refractivity contribution is 5.81. The van der Waals surface area contributed by atoms with Gasteiger partial charge < -0.3 is 15.1 Å². The number of nitrogen functional groups attached to an aromatic ring is 1. The number of aromatic nitrogens is 4. The zero-order valence-electron chi connectivity index (χ0n) is 9.27. The van der Waals surface area contributed by atoms with E-state index in [1.165, 1.54) is 0 Å². The molecule has 3 rings (SSSR count). The van der Waals surface area contributed by atoms with E-state index in [-0.39, 0.29) is 0 Å². The summed E-state index contributed by atoms with van der Waals surface area (Å²) in [7, 11) is 0. The van der Waals surface area contributed by atoms with Crippen molar-refractivity contribution >= 4 is 17.0 Å². The topological polar surface area (TPSA) is 93.6 Å². The molecule has 3 heterocycles. The van der Waals surface area contributed by atoms with Crippen molar-refractivity contribution in [1.29, 1.82) is 0 Å². The van der Waals surface area contributed by atoms with Gasteiger partial charge in [-0.1, -0.05) is 0 Å². The van der Waals surface area contributed by atoms with Crippen LogP contribution in [0.4, 0.5) is 5.82 Å². The highest BCUT2D eigenvalue weighted by Crippen LogP contribution is 2.16. The molecular formula is C11H11N5O. The van der Waals surface area contributed by atoms with Crippen LogP contribution in [0, 0.1) is 6.92 Å². The molecule has 0 saturated heterocycles. The van der Waals surface area contributed by atoms with Crippen LogP contribution in [0.25, 0.3) is 11.2 Å². The van der Waals surface area contributed by atoms with Crippen molar-refractivity contribution in [3.63, 3.8) is 0 Å². The molecule has 0 aliphatic heterocycles. The molecule has 3 N–H and O–H groups in total. The van der Waals surface area contributed by atoms with Gasteiger partial charge >= 0.3 is 0 Å². The molecular weight excluding hydrogens is 218 g/mol. The van der Waals surface area contributed by atoms with E-state index in [0.29, 0.717) is 29.2 Å². The van der Waals surface area contributed by atoms with Gasteiger partial charge in [-0.25, -0.2) is 15.0 Å². The summed E-state index contributed by atoms with van der Waals surface area (Å²) in [5.41, 5.74) is 7.13. The average molecular weight is 229 g/mol. The summed E-state index contributed by atoms with van der Waals surface area (Å²) in [4.78, 5) is 15.8. The fraction of sp³-hybridized carbons (Fsp3) is 0.182. The first-order chi connectivity index (χ1) is 8.22. The van der Waals surface area contributed by atoms with Gasteiger partial charge in [-0.05, 0) is 19.1 Å². The number of hydrogen-bond donors (Lipinski definition) is 2. The lowest BCUT2D eigenvalue weighted by atomic mass is 10.3. The molecule has 0 aliphatic rings. The van der Waals surface area contributed by atoms with E-state index in [0.717, 1.165) is 11.6 Å². The lowest BCUT2D eigenvalue weighted by Crippen LogP contribution is -2.01. The maximum absolute atomic E-state index is 5.85. The first-order valence-electron chi connectivity index (χ1n) is 5.23. The third-order valence-corrected chi connectivity index (χ3v) is 2.46. The number of rotatable bonds is 2. The van der Waals surface area contributed by atoms with Gasteiger partial charge in [0.2, 0.25) is 0 Å². The van der Waals surface area contributed by atoms with Crippen LogP contribution < -0.4 is 5.73 Å². The van der Waals surface area contributed by atoms with E-state index >= 15 is 0 Å². The van der Waals surface area contributed by atoms with Crippen molar-refractivity contribution in [3.8, 4) is 0 Å². The first kappa shape index (κ1) is 9.83. The molecule has 0 atom stereocenters. The molecule has 0 fully saturated rings. The van der Waals surface area contributed by atoms with E-state index in [1.54, 1.807) is 6.26 Å². The Balaban J connectivity index is 2.06. The van der Waals surface area contributed by atoms with Gasteiger partial charge in [0.15, 0.2) is 11.5 Å². The molecule has 0 radical (unpaired) electrons. The van der Waals surface area contributed by atoms with Crippen molar-refractivity contribution in [2.24, 2.45) is 0 Å². The van der Waals surface area contributed by atoms with E-state index in [9.17, 15) is 0 Å². The second-order valence-corrected chi connectivity index (χ2v) is 3.80. The third-order valence-electron chi connectivity index (χ3n) is 2.46. The van der Waals surface area contributed by atoms with E-state index in [4.69, 9.17) is 10.2 Å². The number of fused-ring (bicyclic) bond motifs is 1. The van der Waals surface area contributed by atoms with E-state index in [1.807, 2.05) is 19.1 Å². The number of imidazole rings is 1. The standard InChI is InChI=1S/C11H11N5O/c1-6-13-9-10(12)15-8(16-11(9)14-6)5-7-3-2-4-17-7/h2-4H,5H2,1H3,(H3,12,13,14,15,16). The summed E-state index contributed by atoms with van der Waals surface area (Å²) in [6.45, 7) is 1.85. The second-order valence-electron chi connectivity index (χ2n) is 3.80. The number of nitrogens with zero attached hydrogens (tertiary/aromatic N) is 3. The Morgan fingerprint density at radius 1 is 1.35 bits per heavy atom. The van der Waals surface area contributed by atoms with Gasteiger partial charge in [0.05, 0.1) is 12.7 Å². The molecule has 0 amide bonds. The normalized spacial score (nSPS) is 11.1. The number of anilines is 1. The first-order valence-corrected chi connectivity index (χ1v) is 5.23. The number of hydrogen-bond acceptors (Lipinski definition) is 5. The van der Waals surface area contributed by atoms with Crippen LogP contribution in [0.15, 0.2) is 22.8 Å². The number of nitrogens with two attached hydrogens (primary N) is 1. The predicted octanol–water partition coefficient (Wildman–Crippen LogP) is 1.43. The zero-order valence-corrected chi connectivity index (χ0v) is 9.27. The quantitative estimate of drug-likeness (QED) is 0.693. The molecule has 0 bridgehead atoms. The molecule has 0 spiro atoms. The second kappa shape index (κ2) is 3.58. The minimum Gasteiger partial charge on any atom is -0.469 e. The lowest BCUT2D eigenvalue weighted by Gasteiger charge is -1.99. The molecule has 86 valence electrons. The molecule has 3 aromatic rings. The summed E-state index contributed by atoms with van der Waals surface area (Å²) in [6, 6.07) is 3.70. The van der Waals surface area contributed by atoms with Crippen LogP contribution in [0.2, 0.25) is 0 Å². The average Bonchev–Trinajstić information content (AvgIpc) is 2.87. The van der Waals surface area contributed by atoms with Gasteiger partial charge in [-0.2, -0.15) is 0 Å². The number of aromatic amines is 1. The van der Waals surface area contributed by atoms with Crippen LogP contribution in [-0.2, 0) is 6.42 Å². The summed E-state index contributed by atoms with van der Waals surface area (Å²) in [6.07, 6.45) is 2.13. The third kappa shape index (κ3) is 1.73. The van der Waals surface area contributed by atoms with Gasteiger partial charge in [0, 0.05) is 0 Å². The smallest absolute Gasteiger partial charge is 0.183 e. The molecule has 3 aromatic heterocycles. The zero-order chi connectivity index (χ0) is 11.8. The molecule has 0 saturated carbocycles. The number of H-pyrrole nitrogens is 1. The SMILES string of the molecule is Cc1nc2nc(Cc3ccco3)nc(N)c2[nH]1. The van der Waals surface area contributed by atoms with E-state index < -0.39 is 0 Å². The summed E-state index contributed by atoms with van der Waals surface area (Å²) >= 11 is 0. The maximum atomic E-state index is 5.85. The van der Waals surface area contributed by atoms with Gasteiger partial charge in [0.25, 0.3) is 0 Å². The maximum Gasteiger partial charge on any atom is 0.183 e. The molecule has 0 aliphatic carbocycles. The van der Waals surface area contributed by atoms with Crippen molar-refractivity contribution in [2.75, 3.05) is 5.73 Å². The highest BCUT2D eigenvalue weighted by Gasteiger charge is 2.10. The van der Waals surface area contributed by atoms with E-state index in [2.05, 4.69) is 19.9 Å². The van der Waals surface area contributed by atoms with Crippen molar-refractivity contribution < 1.29 is 4.42 Å². The molecule has 6 heteroatoms. The minimum absolute atomic E-state index is 0.414. The summed E-state index contributed by atoms with van der Waals surface area (Å²) in [5.74, 6) is 2.60. The fourth-order valence-corrected chi connectivity index (χ4v) is 1.73. The Morgan fingerprint density at radius 2 is 2.24 bits per heavy atom. The van der Waals surface area contributed by atoms with Crippen LogP contribution in [0.1, 0.15) is 17.4 Å². The van der Waals surface area contributed by atoms with Crippen LogP contribution >= 0.6 is 0 Å². The van der Waals surface area contributed by atoms with Crippen molar-refractivity contribution in [2.45, 2.75) is 13.3 Å². The minimum atomic E-state index is 0.414. The molecule has 17 heavy (non-hydrogen) atoms. The van der Waals surface area contributed by atoms with Gasteiger partial charge in [0.1, 0.15) is 22.9 Å². The van der Waals surface area contributed by atoms with Crippen molar-refractivity contribution in [1.82, 2.24) is 19.9 Å². The largest absolute Gasteiger partial charge is 0.469 e. The Kier molecular flexibility index (Phi) is 2.07. The summed E-state index contributed by atoms with van der Waals surface area (Å²) < 4.78 is 5.25. The number of furan rings is 1. The molecule has 6 nitrogen and oxygen atoms in total. The highest BCUT2D eigenvalue weighted by atomic mass is 16.3. The Morgan fingerprint density at radius 3 is 3.00 bits per heavy atom. The van der Waals surface area contributed by atoms with Gasteiger partial charge in [-0.3, -0.25) is 0 Å².